The smallest absolute Gasteiger partial charge is 0.311 e. The van der Waals surface area contributed by atoms with E-state index in [1.54, 1.807) is 13.8 Å². The lowest BCUT2D eigenvalue weighted by molar-refractivity contribution is -0.362. The van der Waals surface area contributed by atoms with Gasteiger partial charge in [0.1, 0.15) is 23.4 Å². The molecule has 0 saturated carbocycles. The third-order valence-electron chi connectivity index (χ3n) is 27.4. The summed E-state index contributed by atoms with van der Waals surface area (Å²) in [6.45, 7) is 67.0. The number of fused-ring (bicyclic) bond motifs is 2. The number of carbonyl (C=O) groups is 2. The summed E-state index contributed by atoms with van der Waals surface area (Å²) in [4.78, 5) is 28.8. The predicted molar refractivity (Wildman–Crippen MR) is 395 cm³/mol. The van der Waals surface area contributed by atoms with E-state index in [0.717, 1.165) is 19.3 Å². The van der Waals surface area contributed by atoms with Gasteiger partial charge in [0.15, 0.2) is 30.9 Å². The average molecular weight is 1440 g/mol. The van der Waals surface area contributed by atoms with E-state index in [9.17, 15) is 30.0 Å². The molecule has 592 valence electrons. The Kier molecular flexibility index (Phi) is 30.2. The molecule has 0 amide bonds. The average Bonchev–Trinajstić information content (AvgIpc) is 0.754. The highest BCUT2D eigenvalue weighted by Crippen LogP contribution is 2.52. The van der Waals surface area contributed by atoms with Gasteiger partial charge in [-0.25, -0.2) is 0 Å². The van der Waals surface area contributed by atoms with E-state index in [1.165, 1.54) is 0 Å². The van der Waals surface area contributed by atoms with Gasteiger partial charge in [0.2, 0.25) is 0 Å². The van der Waals surface area contributed by atoms with E-state index in [1.807, 2.05) is 55.4 Å². The number of carbonyl (C=O) groups excluding carboxylic acids is 2. The summed E-state index contributed by atoms with van der Waals surface area (Å²) in [6, 6.07) is 0. The molecule has 7 aliphatic rings. The van der Waals surface area contributed by atoms with Crippen LogP contribution in [0, 0.1) is 105 Å². The van der Waals surface area contributed by atoms with E-state index < -0.39 is 132 Å². The molecule has 7 fully saturated rings. The fraction of sp³-hybridized carbons (Fsp3) is 0.976. The molecule has 4 unspecified atom stereocenters. The molecule has 2 bridgehead atoms. The number of aliphatic hydroxyl groups is 4. The fourth-order valence-electron chi connectivity index (χ4n) is 19.6. The Morgan fingerprint density at radius 3 is 1.17 bits per heavy atom. The SMILES string of the molecule is CC[C@H]1OC(=O)[C@H](C)[C@@H](OC2CC(C)(C)[C@@H](C)[C@H](C)O2)[C@H](C)[C@@H](OC2O[C@H](C)C[C@H](C)[C@H]2C)C(C)(C)C[C@@H](C)[C@@H]2OC(C)(C)O[C@H]([C@H]2C)[C@@]1(O)CC.CC[C@H]1OC(=O)[C@H](C)[C@@H](OC2CC(C)(C)[C@@H](C)[C@H](C)O2)[C@H](C)[C@@H](OC2O[C@H](C)C[C@H](C)[C@H]2C)C(C)(C)C[C@@H](C)[C@H](O)[C@H](C)[C@@H](O)[C@@]1(O)CC. The molecular weight excluding hydrogens is 1280 g/mol. The van der Waals surface area contributed by atoms with Crippen LogP contribution < -0.4 is 0 Å². The van der Waals surface area contributed by atoms with Gasteiger partial charge in [-0.05, 0) is 164 Å². The zero-order chi connectivity index (χ0) is 76.7. The molecule has 18 nitrogen and oxygen atoms in total. The first-order valence-corrected chi connectivity index (χ1v) is 40.2. The summed E-state index contributed by atoms with van der Waals surface area (Å²) in [7, 11) is 0. The second-order valence-corrected chi connectivity index (χ2v) is 37.8. The molecule has 7 saturated heterocycles. The Balaban J connectivity index is 0.000000318. The number of hydrogen-bond donors (Lipinski definition) is 4. The van der Waals surface area contributed by atoms with Crippen molar-refractivity contribution in [3.8, 4) is 0 Å². The number of hydrogen-bond acceptors (Lipinski definition) is 18. The van der Waals surface area contributed by atoms with Crippen molar-refractivity contribution in [1.29, 1.82) is 0 Å². The van der Waals surface area contributed by atoms with Gasteiger partial charge in [-0.1, -0.05) is 166 Å². The minimum atomic E-state index is -1.75. The molecule has 7 aliphatic heterocycles. The standard InChI is InChI=1S/C43H78O9.C40H74O9/c1-18-32-43(45,19-2)37-27(7)34(51-42(16,17)52-37)24(4)21-41(14,15)36(50-39-26(6)23(3)20-25(5)46-39)28(8)35(29(9)38(44)48-32)49-33-22-40(12,13)30(10)31(11)47-33;1-16-30-40(44,17-2)34(42)25(7)32(41)22(4)19-39(14,15)35(49-37-24(6)21(3)18-23(5)45-37)26(8)33(27(9)36(43)47-30)48-31-20-38(12,13)28(10)29(11)46-31/h23-37,39,45H,18-22H2,1-17H3;21-35,37,41-42,44H,16-20H2,1-15H3/t23-,24+,25+,26+,27-,28-,29+,30-,31-,32+,33?,34-,35-,36+,37+,39?,43+;21-,22+,23+,24+,25-,26-,27+,28-,29-,30+,31?,32-,33-,34+,35+,37?,40+/m00/s1. The third-order valence-corrected chi connectivity index (χ3v) is 27.4. The van der Waals surface area contributed by atoms with Crippen molar-refractivity contribution in [2.45, 2.75) is 413 Å². The summed E-state index contributed by atoms with van der Waals surface area (Å²) in [5, 5.41) is 47.9. The van der Waals surface area contributed by atoms with Crippen molar-refractivity contribution >= 4 is 11.9 Å². The van der Waals surface area contributed by atoms with Gasteiger partial charge < -0.3 is 77.3 Å². The number of cyclic esters (lactones) is 2. The largest absolute Gasteiger partial charge is 0.459 e. The molecule has 4 N–H and O–H groups in total. The minimum Gasteiger partial charge on any atom is -0.459 e. The second kappa shape index (κ2) is 34.5. The summed E-state index contributed by atoms with van der Waals surface area (Å²) >= 11 is 0. The van der Waals surface area contributed by atoms with E-state index in [0.29, 0.717) is 62.2 Å². The van der Waals surface area contributed by atoms with Crippen LogP contribution in [0.3, 0.4) is 0 Å². The molecule has 0 aliphatic carbocycles. The molecule has 101 heavy (non-hydrogen) atoms. The normalized spacial score (nSPS) is 48.7. The minimum absolute atomic E-state index is 0.0108. The van der Waals surface area contributed by atoms with Crippen molar-refractivity contribution in [2.75, 3.05) is 0 Å². The Morgan fingerprint density at radius 2 is 0.802 bits per heavy atom. The number of aliphatic hydroxyl groups excluding tert-OH is 2. The molecule has 18 heteroatoms. The molecule has 0 radical (unpaired) electrons. The highest BCUT2D eigenvalue weighted by atomic mass is 16.7. The Morgan fingerprint density at radius 1 is 0.426 bits per heavy atom. The molecule has 34 atom stereocenters. The molecular formula is C83H152O18. The summed E-state index contributed by atoms with van der Waals surface area (Å²) < 4.78 is 80.3. The summed E-state index contributed by atoms with van der Waals surface area (Å²) in [5.74, 6) is -3.11. The fourth-order valence-corrected chi connectivity index (χ4v) is 19.6. The van der Waals surface area contributed by atoms with Crippen LogP contribution >= 0.6 is 0 Å². The number of rotatable bonds is 12. The van der Waals surface area contributed by atoms with Gasteiger partial charge in [-0.3, -0.25) is 9.59 Å². The topological polar surface area (TPSA) is 226 Å². The van der Waals surface area contributed by atoms with Crippen molar-refractivity contribution in [3.63, 3.8) is 0 Å². The maximum Gasteiger partial charge on any atom is 0.311 e. The first-order valence-electron chi connectivity index (χ1n) is 40.2. The first-order chi connectivity index (χ1) is 46.4. The first kappa shape index (κ1) is 88.3. The second-order valence-electron chi connectivity index (χ2n) is 37.8. The van der Waals surface area contributed by atoms with Crippen molar-refractivity contribution in [1.82, 2.24) is 0 Å². The third kappa shape index (κ3) is 19.9. The Bertz CT molecular complexity index is 2590. The van der Waals surface area contributed by atoms with Gasteiger partial charge >= 0.3 is 11.9 Å². The zero-order valence-corrected chi connectivity index (χ0v) is 69.6. The van der Waals surface area contributed by atoms with E-state index in [2.05, 4.69) is 152 Å². The van der Waals surface area contributed by atoms with Crippen LogP contribution in [0.15, 0.2) is 0 Å². The molecule has 7 heterocycles. The maximum atomic E-state index is 14.5. The van der Waals surface area contributed by atoms with Crippen molar-refractivity contribution < 1.29 is 86.9 Å². The van der Waals surface area contributed by atoms with Gasteiger partial charge in [0.25, 0.3) is 0 Å². The highest BCUT2D eigenvalue weighted by molar-refractivity contribution is 5.73. The van der Waals surface area contributed by atoms with E-state index in [4.69, 9.17) is 56.8 Å². The van der Waals surface area contributed by atoms with Gasteiger partial charge in [-0.2, -0.15) is 0 Å². The highest BCUT2D eigenvalue weighted by Gasteiger charge is 2.59. The van der Waals surface area contributed by atoms with Crippen LogP contribution in [0.4, 0.5) is 0 Å². The van der Waals surface area contributed by atoms with Crippen LogP contribution in [0.1, 0.15) is 286 Å². The monoisotopic (exact) mass is 1440 g/mol. The van der Waals surface area contributed by atoms with Crippen LogP contribution in [0.5, 0.6) is 0 Å². The number of esters is 2. The predicted octanol–water partition coefficient (Wildman–Crippen LogP) is 16.0. The summed E-state index contributed by atoms with van der Waals surface area (Å²) in [5.41, 5.74) is -4.20. The number of ether oxygens (including phenoxy) is 12. The van der Waals surface area contributed by atoms with Crippen LogP contribution in [0.2, 0.25) is 0 Å². The quantitative estimate of drug-likeness (QED) is 0.133. The van der Waals surface area contributed by atoms with E-state index in [-0.39, 0.29) is 95.3 Å². The van der Waals surface area contributed by atoms with Crippen molar-refractivity contribution in [2.24, 2.45) is 105 Å². The van der Waals surface area contributed by atoms with Crippen LogP contribution in [-0.4, -0.2) is 160 Å². The molecule has 0 spiro atoms. The van der Waals surface area contributed by atoms with Gasteiger partial charge in [0.05, 0.1) is 85.1 Å². The lowest BCUT2D eigenvalue weighted by Gasteiger charge is -2.54. The lowest BCUT2D eigenvalue weighted by Crippen LogP contribution is -2.65. The van der Waals surface area contributed by atoms with Crippen molar-refractivity contribution in [3.05, 3.63) is 0 Å². The van der Waals surface area contributed by atoms with Crippen LogP contribution in [-0.2, 0) is 66.4 Å². The Hall–Kier alpha value is -1.62. The molecule has 0 aromatic carbocycles. The Labute approximate surface area is 613 Å². The zero-order valence-electron chi connectivity index (χ0n) is 69.6. The maximum absolute atomic E-state index is 14.5. The molecule has 0 aromatic rings. The molecule has 0 aromatic heterocycles. The summed E-state index contributed by atoms with van der Waals surface area (Å²) in [6.07, 6.45) is -2.96. The van der Waals surface area contributed by atoms with Gasteiger partial charge in [-0.15, -0.1) is 0 Å². The molecule has 7 rings (SSSR count). The van der Waals surface area contributed by atoms with E-state index >= 15 is 0 Å². The lowest BCUT2D eigenvalue weighted by atomic mass is 9.68. The van der Waals surface area contributed by atoms with Gasteiger partial charge in [0, 0.05) is 48.3 Å². The van der Waals surface area contributed by atoms with Crippen LogP contribution in [0.25, 0.3) is 0 Å².